The minimum absolute atomic E-state index is 0.115. The van der Waals surface area contributed by atoms with Crippen LogP contribution in [0.25, 0.3) is 28.0 Å². The van der Waals surface area contributed by atoms with Crippen molar-refractivity contribution in [3.63, 3.8) is 0 Å². The average molecular weight is 515 g/mol. The van der Waals surface area contributed by atoms with Crippen LogP contribution in [0.3, 0.4) is 0 Å². The fourth-order valence-electron chi connectivity index (χ4n) is 3.69. The van der Waals surface area contributed by atoms with Crippen LogP contribution in [-0.4, -0.2) is 52.4 Å². The van der Waals surface area contributed by atoms with Gasteiger partial charge in [0.25, 0.3) is 5.89 Å². The first kappa shape index (κ1) is 22.9. The molecular formula is C22H19ClN6O5S. The molecule has 5 aromatic rings. The molecule has 2 aromatic carbocycles. The fourth-order valence-corrected chi connectivity index (χ4v) is 4.97. The van der Waals surface area contributed by atoms with Gasteiger partial charge in [-0.15, -0.1) is 10.2 Å². The zero-order valence-electron chi connectivity index (χ0n) is 18.8. The smallest absolute Gasteiger partial charge is 0.336 e. The Hall–Kier alpha value is -3.90. The van der Waals surface area contributed by atoms with Crippen molar-refractivity contribution in [1.29, 1.82) is 0 Å². The lowest BCUT2D eigenvalue weighted by molar-refractivity contribution is 0.394. The second-order valence-electron chi connectivity index (χ2n) is 7.62. The number of aromatic nitrogens is 6. The van der Waals surface area contributed by atoms with Crippen molar-refractivity contribution >= 4 is 32.3 Å². The Labute approximate surface area is 204 Å². The molecule has 0 spiro atoms. The van der Waals surface area contributed by atoms with Gasteiger partial charge in [-0.25, -0.2) is 13.1 Å². The van der Waals surface area contributed by atoms with Crippen LogP contribution in [0.15, 0.2) is 58.4 Å². The molecule has 0 bridgehead atoms. The summed E-state index contributed by atoms with van der Waals surface area (Å²) in [6.45, 7) is 0. The summed E-state index contributed by atoms with van der Waals surface area (Å²) in [7, 11) is 0.848. The van der Waals surface area contributed by atoms with Crippen molar-refractivity contribution in [2.45, 2.75) is 11.0 Å². The summed E-state index contributed by atoms with van der Waals surface area (Å²) in [4.78, 5) is 0. The van der Waals surface area contributed by atoms with Gasteiger partial charge in [0.15, 0.2) is 0 Å². The van der Waals surface area contributed by atoms with Crippen LogP contribution in [0.5, 0.6) is 11.5 Å². The Kier molecular flexibility index (Phi) is 5.69. The van der Waals surface area contributed by atoms with Gasteiger partial charge in [0.05, 0.1) is 37.4 Å². The highest BCUT2D eigenvalue weighted by molar-refractivity contribution is 7.90. The van der Waals surface area contributed by atoms with Crippen LogP contribution in [0.4, 0.5) is 0 Å². The summed E-state index contributed by atoms with van der Waals surface area (Å²) < 4.78 is 45.3. The number of methoxy groups -OCH3 is 2. The van der Waals surface area contributed by atoms with Crippen LogP contribution in [0.1, 0.15) is 5.69 Å². The van der Waals surface area contributed by atoms with Gasteiger partial charge in [0, 0.05) is 36.3 Å². The van der Waals surface area contributed by atoms with E-state index in [1.807, 2.05) is 42.1 Å². The molecule has 11 nitrogen and oxygen atoms in total. The number of fused-ring (bicyclic) bond motifs is 1. The van der Waals surface area contributed by atoms with E-state index in [1.165, 1.54) is 25.1 Å². The Bertz CT molecular complexity index is 1630. The number of aryl methyl sites for hydroxylation is 1. The molecule has 35 heavy (non-hydrogen) atoms. The molecule has 0 fully saturated rings. The van der Waals surface area contributed by atoms with Gasteiger partial charge >= 0.3 is 5.22 Å². The molecule has 13 heteroatoms. The zero-order valence-corrected chi connectivity index (χ0v) is 20.4. The first-order chi connectivity index (χ1) is 16.8. The number of para-hydroxylation sites is 1. The van der Waals surface area contributed by atoms with E-state index in [2.05, 4.69) is 20.5 Å². The summed E-state index contributed by atoms with van der Waals surface area (Å²) in [5.41, 5.74) is 2.31. The van der Waals surface area contributed by atoms with Crippen LogP contribution in [0.2, 0.25) is 5.02 Å². The maximum absolute atomic E-state index is 13.0. The average Bonchev–Trinajstić information content (AvgIpc) is 3.59. The summed E-state index contributed by atoms with van der Waals surface area (Å²) in [5.74, 6) is 0.380. The SMILES string of the molecule is COc1cc(-n2cc(CS(=O)(=O)c3nnc(-c4cn(C)c5ccccc45)o3)nn2)cc(OC)c1Cl. The molecule has 5 rings (SSSR count). The predicted octanol–water partition coefficient (Wildman–Crippen LogP) is 3.45. The molecule has 0 aliphatic carbocycles. The first-order valence-corrected chi connectivity index (χ1v) is 12.3. The first-order valence-electron chi connectivity index (χ1n) is 10.2. The molecule has 0 saturated carbocycles. The molecule has 0 aliphatic heterocycles. The monoisotopic (exact) mass is 514 g/mol. The van der Waals surface area contributed by atoms with E-state index in [1.54, 1.807) is 12.1 Å². The standard InChI is InChI=1S/C22H19ClN6O5S/c1-28-11-16(15-6-4-5-7-17(15)28)21-25-26-22(34-21)35(30,31)12-13-10-29(27-24-13)14-8-18(32-2)20(23)19(9-14)33-3/h4-11H,12H2,1-3H3. The van der Waals surface area contributed by atoms with Crippen molar-refractivity contribution in [3.8, 4) is 28.6 Å². The molecule has 3 aromatic heterocycles. The third-order valence-electron chi connectivity index (χ3n) is 5.37. The van der Waals surface area contributed by atoms with Gasteiger partial charge in [0.2, 0.25) is 9.84 Å². The van der Waals surface area contributed by atoms with Crippen LogP contribution in [-0.2, 0) is 22.6 Å². The Morgan fingerprint density at radius 2 is 1.74 bits per heavy atom. The molecule has 0 aliphatic rings. The van der Waals surface area contributed by atoms with Gasteiger partial charge < -0.3 is 18.5 Å². The third-order valence-corrected chi connectivity index (χ3v) is 7.12. The van der Waals surface area contributed by atoms with Crippen molar-refractivity contribution in [2.24, 2.45) is 7.05 Å². The molecule has 180 valence electrons. The quantitative estimate of drug-likeness (QED) is 0.320. The van der Waals surface area contributed by atoms with Crippen molar-refractivity contribution in [1.82, 2.24) is 29.8 Å². The molecule has 0 atom stereocenters. The van der Waals surface area contributed by atoms with E-state index in [9.17, 15) is 8.42 Å². The summed E-state index contributed by atoms with van der Waals surface area (Å²) in [5, 5.41) is 16.4. The lowest BCUT2D eigenvalue weighted by Crippen LogP contribution is -2.06. The number of halogens is 1. The van der Waals surface area contributed by atoms with Crippen molar-refractivity contribution in [3.05, 3.63) is 59.5 Å². The third kappa shape index (κ3) is 4.10. The molecule has 0 N–H and O–H groups in total. The molecule has 0 saturated heterocycles. The predicted molar refractivity (Wildman–Crippen MR) is 127 cm³/mol. The molecule has 0 radical (unpaired) electrons. The molecule has 3 heterocycles. The minimum atomic E-state index is -3.98. The lowest BCUT2D eigenvalue weighted by Gasteiger charge is -2.10. The van der Waals surface area contributed by atoms with E-state index in [0.29, 0.717) is 27.8 Å². The highest BCUT2D eigenvalue weighted by atomic mass is 35.5. The number of benzene rings is 2. The van der Waals surface area contributed by atoms with Crippen molar-refractivity contribution in [2.75, 3.05) is 14.2 Å². The number of sulfone groups is 1. The highest BCUT2D eigenvalue weighted by Crippen LogP contribution is 2.36. The van der Waals surface area contributed by atoms with Gasteiger partial charge in [-0.3, -0.25) is 0 Å². The van der Waals surface area contributed by atoms with Crippen molar-refractivity contribution < 1.29 is 22.3 Å². The fraction of sp³-hybridized carbons (Fsp3) is 0.182. The second kappa shape index (κ2) is 8.71. The van der Waals surface area contributed by atoms with Gasteiger partial charge in [-0.2, -0.15) is 0 Å². The summed E-state index contributed by atoms with van der Waals surface area (Å²) in [6, 6.07) is 10.9. The van der Waals surface area contributed by atoms with Gasteiger partial charge in [-0.05, 0) is 6.07 Å². The van der Waals surface area contributed by atoms with Crippen LogP contribution in [0, 0.1) is 0 Å². The van der Waals surface area contributed by atoms with E-state index in [0.717, 1.165) is 10.9 Å². The maximum atomic E-state index is 13.0. The highest BCUT2D eigenvalue weighted by Gasteiger charge is 2.26. The second-order valence-corrected chi connectivity index (χ2v) is 9.87. The Balaban J connectivity index is 1.42. The van der Waals surface area contributed by atoms with E-state index in [4.69, 9.17) is 25.5 Å². The normalized spacial score (nSPS) is 11.8. The van der Waals surface area contributed by atoms with E-state index >= 15 is 0 Å². The number of nitrogens with zero attached hydrogens (tertiary/aromatic N) is 6. The van der Waals surface area contributed by atoms with E-state index in [-0.39, 0.29) is 11.6 Å². The largest absolute Gasteiger partial charge is 0.495 e. The topological polar surface area (TPSA) is 127 Å². The molecule has 0 unspecified atom stereocenters. The summed E-state index contributed by atoms with van der Waals surface area (Å²) >= 11 is 6.21. The minimum Gasteiger partial charge on any atom is -0.495 e. The number of hydrogen-bond donors (Lipinski definition) is 0. The number of rotatable bonds is 7. The van der Waals surface area contributed by atoms with Crippen LogP contribution >= 0.6 is 11.6 Å². The number of ether oxygens (including phenoxy) is 2. The van der Waals surface area contributed by atoms with Gasteiger partial charge in [0.1, 0.15) is 22.3 Å². The Morgan fingerprint density at radius 1 is 1.03 bits per heavy atom. The number of hydrogen-bond acceptors (Lipinski definition) is 9. The molecular weight excluding hydrogens is 496 g/mol. The van der Waals surface area contributed by atoms with Crippen LogP contribution < -0.4 is 9.47 Å². The lowest BCUT2D eigenvalue weighted by atomic mass is 10.2. The zero-order chi connectivity index (χ0) is 24.7. The Morgan fingerprint density at radius 3 is 2.46 bits per heavy atom. The van der Waals surface area contributed by atoms with Gasteiger partial charge in [-0.1, -0.05) is 40.1 Å². The molecule has 0 amide bonds. The summed E-state index contributed by atoms with van der Waals surface area (Å²) in [6.07, 6.45) is 3.29. The maximum Gasteiger partial charge on any atom is 0.336 e. The van der Waals surface area contributed by atoms with E-state index < -0.39 is 20.8 Å².